The fraction of sp³-hybridized carbons (Fsp3) is 0.556. The highest BCUT2D eigenvalue weighted by molar-refractivity contribution is 5.81. The van der Waals surface area contributed by atoms with Gasteiger partial charge in [-0.05, 0) is 62.3 Å². The monoisotopic (exact) mass is 314 g/mol. The molecule has 0 aliphatic heterocycles. The van der Waals surface area contributed by atoms with Crippen molar-refractivity contribution < 1.29 is 14.6 Å². The lowest BCUT2D eigenvalue weighted by Gasteiger charge is -2.31. The van der Waals surface area contributed by atoms with Gasteiger partial charge in [0, 0.05) is 18.6 Å². The molecular formula is C18H22N2O3. The molecule has 5 atom stereocenters. The molecule has 2 fully saturated rings. The number of hydrogen-bond acceptors (Lipinski definition) is 4. The maximum Gasteiger partial charge on any atom is 0.261 e. The van der Waals surface area contributed by atoms with Crippen molar-refractivity contribution in [3.05, 3.63) is 29.8 Å². The molecule has 2 aliphatic carbocycles. The van der Waals surface area contributed by atoms with E-state index in [0.29, 0.717) is 23.1 Å². The lowest BCUT2D eigenvalue weighted by molar-refractivity contribution is -0.128. The number of benzene rings is 1. The van der Waals surface area contributed by atoms with E-state index in [1.165, 1.54) is 6.42 Å². The van der Waals surface area contributed by atoms with Crippen molar-refractivity contribution in [3.63, 3.8) is 0 Å². The number of ether oxygens (including phenoxy) is 1. The van der Waals surface area contributed by atoms with Crippen molar-refractivity contribution in [1.82, 2.24) is 5.32 Å². The molecule has 0 saturated heterocycles. The Balaban J connectivity index is 1.58. The molecule has 23 heavy (non-hydrogen) atoms. The van der Waals surface area contributed by atoms with Crippen molar-refractivity contribution in [2.45, 2.75) is 38.3 Å². The van der Waals surface area contributed by atoms with E-state index in [-0.39, 0.29) is 24.5 Å². The number of aliphatic hydroxyl groups excluding tert-OH is 1. The molecule has 2 bridgehead atoms. The van der Waals surface area contributed by atoms with E-state index in [1.807, 2.05) is 6.07 Å². The van der Waals surface area contributed by atoms with Crippen LogP contribution >= 0.6 is 0 Å². The quantitative estimate of drug-likeness (QED) is 0.869. The molecule has 5 nitrogen and oxygen atoms in total. The number of amides is 1. The molecule has 3 rings (SSSR count). The molecule has 5 unspecified atom stereocenters. The van der Waals surface area contributed by atoms with Crippen LogP contribution in [-0.4, -0.2) is 29.8 Å². The average Bonchev–Trinajstić information content (AvgIpc) is 3.16. The second kappa shape index (κ2) is 6.59. The van der Waals surface area contributed by atoms with E-state index in [2.05, 4.69) is 5.32 Å². The van der Waals surface area contributed by atoms with Crippen molar-refractivity contribution in [2.75, 3.05) is 6.61 Å². The van der Waals surface area contributed by atoms with Gasteiger partial charge in [0.25, 0.3) is 5.91 Å². The maximum absolute atomic E-state index is 12.4. The molecule has 2 aliphatic rings. The first-order valence-electron chi connectivity index (χ1n) is 8.20. The van der Waals surface area contributed by atoms with Crippen LogP contribution in [0.2, 0.25) is 0 Å². The van der Waals surface area contributed by atoms with Gasteiger partial charge in [0.2, 0.25) is 0 Å². The summed E-state index contributed by atoms with van der Waals surface area (Å²) in [6, 6.07) is 8.82. The minimum atomic E-state index is -0.610. The summed E-state index contributed by atoms with van der Waals surface area (Å²) in [6.07, 6.45) is 2.80. The van der Waals surface area contributed by atoms with Gasteiger partial charge in [0.05, 0.1) is 11.6 Å². The maximum atomic E-state index is 12.4. The van der Waals surface area contributed by atoms with Gasteiger partial charge < -0.3 is 15.2 Å². The van der Waals surface area contributed by atoms with Crippen molar-refractivity contribution in [1.29, 1.82) is 5.26 Å². The lowest BCUT2D eigenvalue weighted by Crippen LogP contribution is -2.49. The number of rotatable bonds is 5. The van der Waals surface area contributed by atoms with E-state index >= 15 is 0 Å². The molecule has 5 heteroatoms. The van der Waals surface area contributed by atoms with E-state index in [0.717, 1.165) is 12.8 Å². The molecule has 0 spiro atoms. The highest BCUT2D eigenvalue weighted by atomic mass is 16.5. The van der Waals surface area contributed by atoms with Gasteiger partial charge in [-0.3, -0.25) is 4.79 Å². The zero-order chi connectivity index (χ0) is 16.4. The first-order valence-corrected chi connectivity index (χ1v) is 8.20. The Kier molecular flexibility index (Phi) is 4.53. The third kappa shape index (κ3) is 3.18. The predicted octanol–water partition coefficient (Wildman–Crippen LogP) is 1.85. The number of hydrogen-bond donors (Lipinski definition) is 2. The standard InChI is InChI=1S/C18H22N2O3/c1-11(23-15-6-2-12(9-19)3-7-15)18(22)20-17-14-5-4-13(8-14)16(17)10-21/h2-3,6-7,11,13-14,16-17,21H,4-5,8,10H2,1H3,(H,20,22). The Morgan fingerprint density at radius 3 is 2.74 bits per heavy atom. The summed E-state index contributed by atoms with van der Waals surface area (Å²) in [6.45, 7) is 1.85. The molecule has 122 valence electrons. The van der Waals surface area contributed by atoms with Crippen LogP contribution < -0.4 is 10.1 Å². The summed E-state index contributed by atoms with van der Waals surface area (Å²) in [4.78, 5) is 12.4. The molecular weight excluding hydrogens is 292 g/mol. The van der Waals surface area contributed by atoms with Gasteiger partial charge in [-0.2, -0.15) is 5.26 Å². The Morgan fingerprint density at radius 1 is 1.39 bits per heavy atom. The van der Waals surface area contributed by atoms with Crippen LogP contribution in [-0.2, 0) is 4.79 Å². The van der Waals surface area contributed by atoms with Gasteiger partial charge in [0.15, 0.2) is 6.10 Å². The number of carbonyl (C=O) groups is 1. The molecule has 1 aromatic rings. The summed E-state index contributed by atoms with van der Waals surface area (Å²) >= 11 is 0. The number of nitrogens with zero attached hydrogens (tertiary/aromatic N) is 1. The second-order valence-corrected chi connectivity index (χ2v) is 6.61. The normalized spacial score (nSPS) is 29.8. The summed E-state index contributed by atoms with van der Waals surface area (Å²) in [5.74, 6) is 1.64. The predicted molar refractivity (Wildman–Crippen MR) is 84.6 cm³/mol. The summed E-state index contributed by atoms with van der Waals surface area (Å²) in [5, 5.41) is 21.4. The van der Waals surface area contributed by atoms with Crippen LogP contribution in [0.4, 0.5) is 0 Å². The van der Waals surface area contributed by atoms with E-state index in [4.69, 9.17) is 10.00 Å². The minimum Gasteiger partial charge on any atom is -0.481 e. The zero-order valence-corrected chi connectivity index (χ0v) is 13.2. The smallest absolute Gasteiger partial charge is 0.261 e. The summed E-state index contributed by atoms with van der Waals surface area (Å²) in [5.41, 5.74) is 0.558. The largest absolute Gasteiger partial charge is 0.481 e. The minimum absolute atomic E-state index is 0.0678. The summed E-state index contributed by atoms with van der Waals surface area (Å²) < 4.78 is 5.65. The van der Waals surface area contributed by atoms with Crippen molar-refractivity contribution in [2.24, 2.45) is 17.8 Å². The van der Waals surface area contributed by atoms with Gasteiger partial charge in [-0.1, -0.05) is 0 Å². The SMILES string of the molecule is CC(Oc1ccc(C#N)cc1)C(=O)NC1C2CCC(C2)C1CO. The molecule has 2 N–H and O–H groups in total. The van der Waals surface area contributed by atoms with Crippen LogP contribution in [0.25, 0.3) is 0 Å². The second-order valence-electron chi connectivity index (χ2n) is 6.61. The van der Waals surface area contributed by atoms with Crippen LogP contribution in [0.3, 0.4) is 0 Å². The Bertz CT molecular complexity index is 608. The average molecular weight is 314 g/mol. The summed E-state index contributed by atoms with van der Waals surface area (Å²) in [7, 11) is 0. The molecule has 0 heterocycles. The Labute approximate surface area is 136 Å². The number of nitrogens with one attached hydrogen (secondary N) is 1. The fourth-order valence-corrected chi connectivity index (χ4v) is 4.05. The number of nitriles is 1. The third-order valence-corrected chi connectivity index (χ3v) is 5.27. The van der Waals surface area contributed by atoms with E-state index in [9.17, 15) is 9.90 Å². The van der Waals surface area contributed by atoms with Gasteiger partial charge in [-0.15, -0.1) is 0 Å². The first kappa shape index (κ1) is 15.8. The topological polar surface area (TPSA) is 82.3 Å². The van der Waals surface area contributed by atoms with Crippen molar-refractivity contribution >= 4 is 5.91 Å². The van der Waals surface area contributed by atoms with E-state index in [1.54, 1.807) is 31.2 Å². The Hall–Kier alpha value is -2.06. The number of aliphatic hydroxyl groups is 1. The van der Waals surface area contributed by atoms with Gasteiger partial charge in [0.1, 0.15) is 5.75 Å². The van der Waals surface area contributed by atoms with Crippen LogP contribution in [0.5, 0.6) is 5.75 Å². The van der Waals surface area contributed by atoms with Crippen LogP contribution in [0, 0.1) is 29.1 Å². The van der Waals surface area contributed by atoms with Crippen LogP contribution in [0.1, 0.15) is 31.7 Å². The Morgan fingerprint density at radius 2 is 2.09 bits per heavy atom. The first-order chi connectivity index (χ1) is 11.1. The third-order valence-electron chi connectivity index (χ3n) is 5.27. The molecule has 0 aromatic heterocycles. The van der Waals surface area contributed by atoms with Gasteiger partial charge in [-0.25, -0.2) is 0 Å². The van der Waals surface area contributed by atoms with Crippen molar-refractivity contribution in [3.8, 4) is 11.8 Å². The molecule has 2 saturated carbocycles. The molecule has 0 radical (unpaired) electrons. The molecule has 1 amide bonds. The highest BCUT2D eigenvalue weighted by Gasteiger charge is 2.47. The molecule has 1 aromatic carbocycles. The van der Waals surface area contributed by atoms with Gasteiger partial charge >= 0.3 is 0 Å². The highest BCUT2D eigenvalue weighted by Crippen LogP contribution is 2.48. The fourth-order valence-electron chi connectivity index (χ4n) is 4.05. The zero-order valence-electron chi connectivity index (χ0n) is 13.2. The van der Waals surface area contributed by atoms with E-state index < -0.39 is 6.10 Å². The lowest BCUT2D eigenvalue weighted by atomic mass is 9.85. The number of carbonyl (C=O) groups excluding carboxylic acids is 1. The van der Waals surface area contributed by atoms with Crippen LogP contribution in [0.15, 0.2) is 24.3 Å². The number of fused-ring (bicyclic) bond motifs is 2.